The van der Waals surface area contributed by atoms with Crippen LogP contribution in [0.15, 0.2) is 16.7 Å². The minimum atomic E-state index is 0.0781. The molecule has 1 N–H and O–H groups in total. The molecule has 17 heavy (non-hydrogen) atoms. The minimum Gasteiger partial charge on any atom is -0.481 e. The molecule has 2 aromatic heterocycles. The highest BCUT2D eigenvalue weighted by Crippen LogP contribution is 2.24. The van der Waals surface area contributed by atoms with E-state index in [0.717, 1.165) is 0 Å². The number of nitrogens with zero attached hydrogens (tertiary/aromatic N) is 3. The van der Waals surface area contributed by atoms with Gasteiger partial charge in [-0.25, -0.2) is 9.67 Å². The Morgan fingerprint density at radius 1 is 1.53 bits per heavy atom. The third-order valence-corrected chi connectivity index (χ3v) is 2.63. The summed E-state index contributed by atoms with van der Waals surface area (Å²) in [5.41, 5.74) is 0.714. The van der Waals surface area contributed by atoms with E-state index in [9.17, 15) is 0 Å². The third kappa shape index (κ3) is 2.16. The molecular formula is C11H16N4O2. The molecule has 0 saturated heterocycles. The van der Waals surface area contributed by atoms with Crippen LogP contribution in [-0.2, 0) is 7.05 Å². The van der Waals surface area contributed by atoms with Gasteiger partial charge in [-0.1, -0.05) is 0 Å². The third-order valence-electron chi connectivity index (χ3n) is 2.63. The quantitative estimate of drug-likeness (QED) is 0.868. The maximum atomic E-state index is 5.63. The molecule has 2 aromatic rings. The molecule has 0 aromatic carbocycles. The van der Waals surface area contributed by atoms with Gasteiger partial charge in [-0.3, -0.25) is 0 Å². The van der Waals surface area contributed by atoms with Gasteiger partial charge in [0.2, 0.25) is 11.8 Å². The molecule has 0 saturated carbocycles. The average Bonchev–Trinajstić information content (AvgIpc) is 2.94. The molecule has 1 atom stereocenters. The van der Waals surface area contributed by atoms with Gasteiger partial charge in [-0.05, 0) is 14.0 Å². The number of ether oxygens (including phenoxy) is 1. The number of rotatable bonds is 4. The van der Waals surface area contributed by atoms with E-state index in [0.29, 0.717) is 23.2 Å². The lowest BCUT2D eigenvalue weighted by atomic mass is 10.3. The van der Waals surface area contributed by atoms with Gasteiger partial charge in [0.05, 0.1) is 19.3 Å². The largest absolute Gasteiger partial charge is 0.481 e. The maximum absolute atomic E-state index is 5.63. The number of oxazole rings is 1. The summed E-state index contributed by atoms with van der Waals surface area (Å²) in [6, 6.07) is 1.89. The average molecular weight is 236 g/mol. The van der Waals surface area contributed by atoms with Crippen LogP contribution in [0, 0.1) is 0 Å². The zero-order valence-electron chi connectivity index (χ0n) is 10.4. The standard InChI is InChI=1S/C11H16N4O2/c1-7(12-2)11-13-6-9(17-11)8-5-10(16-4)15(3)14-8/h5-7,12H,1-4H3. The van der Waals surface area contributed by atoms with Gasteiger partial charge in [0.15, 0.2) is 5.76 Å². The van der Waals surface area contributed by atoms with Crippen LogP contribution in [0.3, 0.4) is 0 Å². The molecule has 0 aliphatic rings. The second kappa shape index (κ2) is 4.58. The van der Waals surface area contributed by atoms with E-state index in [1.165, 1.54) is 0 Å². The number of hydrogen-bond donors (Lipinski definition) is 1. The lowest BCUT2D eigenvalue weighted by Crippen LogP contribution is -2.12. The van der Waals surface area contributed by atoms with Gasteiger partial charge in [-0.2, -0.15) is 5.10 Å². The van der Waals surface area contributed by atoms with E-state index in [4.69, 9.17) is 9.15 Å². The molecule has 0 bridgehead atoms. The van der Waals surface area contributed by atoms with Crippen molar-refractivity contribution >= 4 is 0 Å². The Labute approximate surface area is 99.6 Å². The summed E-state index contributed by atoms with van der Waals surface area (Å²) in [6.07, 6.45) is 1.67. The molecule has 92 valence electrons. The van der Waals surface area contributed by atoms with Gasteiger partial charge >= 0.3 is 0 Å². The number of aryl methyl sites for hydroxylation is 1. The van der Waals surface area contributed by atoms with Crippen molar-refractivity contribution in [3.8, 4) is 17.3 Å². The van der Waals surface area contributed by atoms with Crippen molar-refractivity contribution in [3.63, 3.8) is 0 Å². The number of aromatic nitrogens is 3. The first-order valence-electron chi connectivity index (χ1n) is 5.37. The van der Waals surface area contributed by atoms with E-state index in [2.05, 4.69) is 15.4 Å². The number of hydrogen-bond acceptors (Lipinski definition) is 5. The van der Waals surface area contributed by atoms with E-state index >= 15 is 0 Å². The van der Waals surface area contributed by atoms with Crippen molar-refractivity contribution in [2.45, 2.75) is 13.0 Å². The Morgan fingerprint density at radius 3 is 2.88 bits per heavy atom. The van der Waals surface area contributed by atoms with Crippen molar-refractivity contribution < 1.29 is 9.15 Å². The van der Waals surface area contributed by atoms with Crippen molar-refractivity contribution in [2.24, 2.45) is 7.05 Å². The van der Waals surface area contributed by atoms with Crippen LogP contribution in [0.25, 0.3) is 11.5 Å². The predicted molar refractivity (Wildman–Crippen MR) is 62.7 cm³/mol. The summed E-state index contributed by atoms with van der Waals surface area (Å²) < 4.78 is 12.4. The highest BCUT2D eigenvalue weighted by Gasteiger charge is 2.14. The number of methoxy groups -OCH3 is 1. The van der Waals surface area contributed by atoms with Crippen LogP contribution >= 0.6 is 0 Å². The summed E-state index contributed by atoms with van der Waals surface area (Å²) >= 11 is 0. The molecule has 0 spiro atoms. The maximum Gasteiger partial charge on any atom is 0.211 e. The van der Waals surface area contributed by atoms with Crippen molar-refractivity contribution in [1.82, 2.24) is 20.1 Å². The Hall–Kier alpha value is -1.82. The first-order chi connectivity index (χ1) is 8.15. The SMILES string of the molecule is CNC(C)c1ncc(-c2cc(OC)n(C)n2)o1. The minimum absolute atomic E-state index is 0.0781. The highest BCUT2D eigenvalue weighted by atomic mass is 16.5. The summed E-state index contributed by atoms with van der Waals surface area (Å²) in [7, 11) is 5.28. The van der Waals surface area contributed by atoms with E-state index < -0.39 is 0 Å². The van der Waals surface area contributed by atoms with Crippen LogP contribution in [0.5, 0.6) is 5.88 Å². The summed E-state index contributed by atoms with van der Waals surface area (Å²) in [5.74, 6) is 1.97. The van der Waals surface area contributed by atoms with E-state index in [1.807, 2.05) is 27.1 Å². The molecule has 0 fully saturated rings. The molecule has 0 aliphatic heterocycles. The van der Waals surface area contributed by atoms with Gasteiger partial charge in [0, 0.05) is 13.1 Å². The van der Waals surface area contributed by atoms with E-state index in [-0.39, 0.29) is 6.04 Å². The van der Waals surface area contributed by atoms with Crippen molar-refractivity contribution in [1.29, 1.82) is 0 Å². The molecule has 6 heteroatoms. The molecule has 0 aliphatic carbocycles. The first kappa shape index (κ1) is 11.7. The Kier molecular flexibility index (Phi) is 3.14. The smallest absolute Gasteiger partial charge is 0.211 e. The fourth-order valence-corrected chi connectivity index (χ4v) is 1.49. The Morgan fingerprint density at radius 2 is 2.29 bits per heavy atom. The van der Waals surface area contributed by atoms with Gasteiger partial charge in [-0.15, -0.1) is 0 Å². The summed E-state index contributed by atoms with van der Waals surface area (Å²) in [6.45, 7) is 1.98. The molecule has 1 unspecified atom stereocenters. The highest BCUT2D eigenvalue weighted by molar-refractivity contribution is 5.52. The second-order valence-electron chi connectivity index (χ2n) is 3.77. The predicted octanol–water partition coefficient (Wildman–Crippen LogP) is 1.36. The van der Waals surface area contributed by atoms with Gasteiger partial charge in [0.1, 0.15) is 5.69 Å². The van der Waals surface area contributed by atoms with Gasteiger partial charge in [0.25, 0.3) is 0 Å². The molecule has 0 radical (unpaired) electrons. The zero-order chi connectivity index (χ0) is 12.4. The molecular weight excluding hydrogens is 220 g/mol. The monoisotopic (exact) mass is 236 g/mol. The Balaban J connectivity index is 2.30. The Bertz CT molecular complexity index is 503. The van der Waals surface area contributed by atoms with E-state index in [1.54, 1.807) is 18.0 Å². The van der Waals surface area contributed by atoms with Crippen LogP contribution in [0.2, 0.25) is 0 Å². The molecule has 6 nitrogen and oxygen atoms in total. The van der Waals surface area contributed by atoms with Crippen molar-refractivity contribution in [2.75, 3.05) is 14.2 Å². The normalized spacial score (nSPS) is 12.7. The first-order valence-corrected chi connectivity index (χ1v) is 5.37. The van der Waals surface area contributed by atoms with Gasteiger partial charge < -0.3 is 14.5 Å². The molecule has 0 amide bonds. The van der Waals surface area contributed by atoms with Crippen LogP contribution in [0.1, 0.15) is 18.9 Å². The van der Waals surface area contributed by atoms with Crippen LogP contribution in [0.4, 0.5) is 0 Å². The lowest BCUT2D eigenvalue weighted by molar-refractivity contribution is 0.373. The van der Waals surface area contributed by atoms with Crippen molar-refractivity contribution in [3.05, 3.63) is 18.2 Å². The number of nitrogens with one attached hydrogen (secondary N) is 1. The molecule has 2 heterocycles. The second-order valence-corrected chi connectivity index (χ2v) is 3.77. The topological polar surface area (TPSA) is 65.1 Å². The summed E-state index contributed by atoms with van der Waals surface area (Å²) in [5, 5.41) is 7.35. The molecule has 2 rings (SSSR count). The van der Waals surface area contributed by atoms with Crippen LogP contribution in [-0.4, -0.2) is 28.9 Å². The lowest BCUT2D eigenvalue weighted by Gasteiger charge is -2.02. The van der Waals surface area contributed by atoms with Crippen LogP contribution < -0.4 is 10.1 Å². The fraction of sp³-hybridized carbons (Fsp3) is 0.455. The fourth-order valence-electron chi connectivity index (χ4n) is 1.49. The summed E-state index contributed by atoms with van der Waals surface area (Å²) in [4.78, 5) is 4.21. The zero-order valence-corrected chi connectivity index (χ0v) is 10.4.